The molecule has 1 aliphatic heterocycles. The molecular formula is C29H28N8O5. The van der Waals surface area contributed by atoms with Crippen molar-refractivity contribution in [1.82, 2.24) is 24.8 Å². The topological polar surface area (TPSA) is 163 Å². The van der Waals surface area contributed by atoms with E-state index in [-0.39, 0.29) is 12.3 Å². The Morgan fingerprint density at radius 1 is 0.929 bits per heavy atom. The van der Waals surface area contributed by atoms with Crippen LogP contribution in [0.15, 0.2) is 73.3 Å². The summed E-state index contributed by atoms with van der Waals surface area (Å²) in [6, 6.07) is 13.8. The van der Waals surface area contributed by atoms with Gasteiger partial charge in [-0.05, 0) is 35.9 Å². The summed E-state index contributed by atoms with van der Waals surface area (Å²) in [5, 5.41) is 15.3. The third-order valence-corrected chi connectivity index (χ3v) is 6.58. The summed E-state index contributed by atoms with van der Waals surface area (Å²) in [5.74, 6) is 0.930. The van der Waals surface area contributed by atoms with Gasteiger partial charge in [-0.2, -0.15) is 0 Å². The summed E-state index contributed by atoms with van der Waals surface area (Å²) < 4.78 is 4.72. The number of anilines is 4. The molecular weight excluding hydrogens is 540 g/mol. The zero-order valence-electron chi connectivity index (χ0n) is 22.7. The first kappa shape index (κ1) is 28.0. The minimum atomic E-state index is -0.930. The molecule has 0 unspecified atom stereocenters. The number of esters is 1. The van der Waals surface area contributed by atoms with Crippen molar-refractivity contribution < 1.29 is 24.2 Å². The normalized spacial score (nSPS) is 12.9. The zero-order valence-corrected chi connectivity index (χ0v) is 22.7. The first-order valence-electron chi connectivity index (χ1n) is 13.1. The predicted molar refractivity (Wildman–Crippen MR) is 155 cm³/mol. The maximum atomic E-state index is 13.0. The molecule has 1 saturated heterocycles. The van der Waals surface area contributed by atoms with Gasteiger partial charge >= 0.3 is 12.1 Å². The van der Waals surface area contributed by atoms with Crippen LogP contribution >= 0.6 is 0 Å². The third kappa shape index (κ3) is 6.94. The van der Waals surface area contributed by atoms with Crippen LogP contribution in [0.4, 0.5) is 27.9 Å². The van der Waals surface area contributed by atoms with Crippen LogP contribution in [0.5, 0.6) is 0 Å². The van der Waals surface area contributed by atoms with Crippen LogP contribution in [0.2, 0.25) is 0 Å². The van der Waals surface area contributed by atoms with Gasteiger partial charge in [-0.15, -0.1) is 0 Å². The van der Waals surface area contributed by atoms with Gasteiger partial charge < -0.3 is 30.3 Å². The lowest BCUT2D eigenvalue weighted by molar-refractivity contribution is -0.115. The minimum Gasteiger partial charge on any atom is -0.465 e. The van der Waals surface area contributed by atoms with Crippen molar-refractivity contribution in [3.8, 4) is 11.3 Å². The molecule has 42 heavy (non-hydrogen) atoms. The SMILES string of the molecule is COC(=O)c1ccc(CC(=O)Nc2cc(Nc3cnccn3)nc(-c3ccnc(N4CCN(C(=O)O)CC4)c3)c2)cc1. The summed E-state index contributed by atoms with van der Waals surface area (Å²) in [6.45, 7) is 1.82. The quantitative estimate of drug-likeness (QED) is 0.267. The molecule has 4 aromatic rings. The summed E-state index contributed by atoms with van der Waals surface area (Å²) >= 11 is 0. The molecule has 0 spiro atoms. The largest absolute Gasteiger partial charge is 0.465 e. The van der Waals surface area contributed by atoms with Crippen LogP contribution in [-0.4, -0.2) is 81.2 Å². The standard InChI is InChI=1S/C29H28N8O5/c1-42-28(39)20-4-2-19(3-5-20)14-27(38)33-22-16-23(34-24(17-22)35-25-18-30-8-9-31-25)21-6-7-32-26(15-21)36-10-12-37(13-11-36)29(40)41/h2-9,15-18H,10-14H2,1H3,(H,40,41)(H2,31,33,34,35,38). The van der Waals surface area contributed by atoms with Crippen molar-refractivity contribution in [3.05, 3.63) is 84.4 Å². The Balaban J connectivity index is 1.38. The molecule has 5 rings (SSSR count). The smallest absolute Gasteiger partial charge is 0.407 e. The number of piperazine rings is 1. The Hall–Kier alpha value is -5.59. The van der Waals surface area contributed by atoms with Crippen LogP contribution in [0.1, 0.15) is 15.9 Å². The van der Waals surface area contributed by atoms with Gasteiger partial charge in [0.1, 0.15) is 17.5 Å². The third-order valence-electron chi connectivity index (χ3n) is 6.58. The molecule has 0 saturated carbocycles. The van der Waals surface area contributed by atoms with Gasteiger partial charge in [0.15, 0.2) is 0 Å². The summed E-state index contributed by atoms with van der Waals surface area (Å²) in [5.41, 5.74) is 2.98. The number of carbonyl (C=O) groups excluding carboxylic acids is 2. The monoisotopic (exact) mass is 568 g/mol. The maximum Gasteiger partial charge on any atom is 0.407 e. The first-order chi connectivity index (χ1) is 20.4. The highest BCUT2D eigenvalue weighted by Crippen LogP contribution is 2.28. The molecule has 13 nitrogen and oxygen atoms in total. The lowest BCUT2D eigenvalue weighted by Crippen LogP contribution is -2.48. The fourth-order valence-electron chi connectivity index (χ4n) is 4.45. The van der Waals surface area contributed by atoms with E-state index in [4.69, 9.17) is 9.72 Å². The molecule has 0 atom stereocenters. The maximum absolute atomic E-state index is 13.0. The fourth-order valence-corrected chi connectivity index (χ4v) is 4.45. The minimum absolute atomic E-state index is 0.0910. The molecule has 0 radical (unpaired) electrons. The van der Waals surface area contributed by atoms with E-state index in [1.807, 2.05) is 17.0 Å². The number of rotatable bonds is 8. The highest BCUT2D eigenvalue weighted by atomic mass is 16.5. The molecule has 3 N–H and O–H groups in total. The number of ether oxygens (including phenoxy) is 1. The summed E-state index contributed by atoms with van der Waals surface area (Å²) in [6.07, 6.45) is 5.52. The number of amides is 2. The van der Waals surface area contributed by atoms with Gasteiger partial charge in [0.2, 0.25) is 5.91 Å². The van der Waals surface area contributed by atoms with Gasteiger partial charge in [0.05, 0.1) is 31.0 Å². The lowest BCUT2D eigenvalue weighted by atomic mass is 10.1. The van der Waals surface area contributed by atoms with Crippen LogP contribution < -0.4 is 15.5 Å². The Morgan fingerprint density at radius 2 is 1.71 bits per heavy atom. The molecule has 0 aliphatic carbocycles. The van der Waals surface area contributed by atoms with Gasteiger partial charge in [-0.25, -0.2) is 24.5 Å². The second-order valence-corrected chi connectivity index (χ2v) is 9.41. The van der Waals surface area contributed by atoms with E-state index in [9.17, 15) is 19.5 Å². The molecule has 1 aromatic carbocycles. The Kier molecular flexibility index (Phi) is 8.47. The second-order valence-electron chi connectivity index (χ2n) is 9.41. The Labute approximate surface area is 241 Å². The van der Waals surface area contributed by atoms with Gasteiger partial charge in [0.25, 0.3) is 0 Å². The molecule has 0 bridgehead atoms. The molecule has 13 heteroatoms. The predicted octanol–water partition coefficient (Wildman–Crippen LogP) is 3.45. The van der Waals surface area contributed by atoms with Gasteiger partial charge in [-0.3, -0.25) is 9.78 Å². The fraction of sp³-hybridized carbons (Fsp3) is 0.207. The second kappa shape index (κ2) is 12.7. The Morgan fingerprint density at radius 3 is 2.40 bits per heavy atom. The van der Waals surface area contributed by atoms with Crippen molar-refractivity contribution in [2.45, 2.75) is 6.42 Å². The highest BCUT2D eigenvalue weighted by molar-refractivity contribution is 5.94. The van der Waals surface area contributed by atoms with Crippen LogP contribution in [-0.2, 0) is 16.0 Å². The number of hydrogen-bond donors (Lipinski definition) is 3. The highest BCUT2D eigenvalue weighted by Gasteiger charge is 2.21. The number of carboxylic acid groups (broad SMARTS) is 1. The van der Waals surface area contributed by atoms with Crippen LogP contribution in [0.3, 0.4) is 0 Å². The lowest BCUT2D eigenvalue weighted by Gasteiger charge is -2.33. The Bertz CT molecular complexity index is 1570. The van der Waals surface area contributed by atoms with E-state index in [0.29, 0.717) is 60.6 Å². The van der Waals surface area contributed by atoms with E-state index in [2.05, 4.69) is 25.6 Å². The number of benzene rings is 1. The van der Waals surface area contributed by atoms with E-state index in [0.717, 1.165) is 11.1 Å². The molecule has 1 fully saturated rings. The molecule has 4 heterocycles. The number of pyridine rings is 2. The molecule has 214 valence electrons. The molecule has 1 aliphatic rings. The van der Waals surface area contributed by atoms with E-state index in [1.165, 1.54) is 12.0 Å². The summed E-state index contributed by atoms with van der Waals surface area (Å²) in [7, 11) is 1.31. The van der Waals surface area contributed by atoms with Crippen molar-refractivity contribution in [3.63, 3.8) is 0 Å². The number of hydrogen-bond acceptors (Lipinski definition) is 10. The average Bonchev–Trinajstić information content (AvgIpc) is 3.01. The molecule has 3 aromatic heterocycles. The van der Waals surface area contributed by atoms with Crippen LogP contribution in [0.25, 0.3) is 11.3 Å². The average molecular weight is 569 g/mol. The van der Waals surface area contributed by atoms with E-state index < -0.39 is 12.1 Å². The number of nitrogens with zero attached hydrogens (tertiary/aromatic N) is 6. The van der Waals surface area contributed by atoms with Crippen molar-refractivity contribution in [2.24, 2.45) is 0 Å². The number of nitrogens with one attached hydrogen (secondary N) is 2. The van der Waals surface area contributed by atoms with Gasteiger partial charge in [-0.1, -0.05) is 12.1 Å². The first-order valence-corrected chi connectivity index (χ1v) is 13.1. The number of carbonyl (C=O) groups is 3. The van der Waals surface area contributed by atoms with Crippen molar-refractivity contribution in [1.29, 1.82) is 0 Å². The van der Waals surface area contributed by atoms with Crippen LogP contribution in [0, 0.1) is 0 Å². The summed E-state index contributed by atoms with van der Waals surface area (Å²) in [4.78, 5) is 56.9. The van der Waals surface area contributed by atoms with Crippen molar-refractivity contribution >= 4 is 41.1 Å². The van der Waals surface area contributed by atoms with E-state index >= 15 is 0 Å². The van der Waals surface area contributed by atoms with Crippen molar-refractivity contribution in [2.75, 3.05) is 48.8 Å². The van der Waals surface area contributed by atoms with Gasteiger partial charge in [0, 0.05) is 62.1 Å². The number of methoxy groups -OCH3 is 1. The van der Waals surface area contributed by atoms with E-state index in [1.54, 1.807) is 61.2 Å². The molecule has 2 amide bonds. The number of aromatic nitrogens is 4. The zero-order chi connectivity index (χ0) is 29.5.